The molecule has 2 fully saturated rings. The predicted octanol–water partition coefficient (Wildman–Crippen LogP) is -0.0108. The lowest BCUT2D eigenvalue weighted by Crippen LogP contribution is -2.56. The van der Waals surface area contributed by atoms with Crippen molar-refractivity contribution in [3.05, 3.63) is 0 Å². The molecule has 5 heteroatoms. The van der Waals surface area contributed by atoms with Crippen LogP contribution in [0.25, 0.3) is 0 Å². The minimum absolute atomic E-state index is 0.00706. The number of rotatable bonds is 4. The van der Waals surface area contributed by atoms with Gasteiger partial charge in [-0.1, -0.05) is 6.42 Å². The van der Waals surface area contributed by atoms with Gasteiger partial charge in [-0.15, -0.1) is 0 Å². The molecule has 1 aliphatic carbocycles. The summed E-state index contributed by atoms with van der Waals surface area (Å²) in [6.07, 6.45) is 3.02. The van der Waals surface area contributed by atoms with Crippen LogP contribution in [0.2, 0.25) is 0 Å². The van der Waals surface area contributed by atoms with E-state index in [0.29, 0.717) is 32.8 Å². The minimum Gasteiger partial charge on any atom is -0.384 e. The molecule has 0 unspecified atom stereocenters. The zero-order valence-corrected chi connectivity index (χ0v) is 10.5. The van der Waals surface area contributed by atoms with E-state index in [4.69, 9.17) is 15.2 Å². The summed E-state index contributed by atoms with van der Waals surface area (Å²) in [6.45, 7) is 2.91. The fourth-order valence-electron chi connectivity index (χ4n) is 2.68. The molecule has 0 aromatic carbocycles. The summed E-state index contributed by atoms with van der Waals surface area (Å²) < 4.78 is 10.7. The highest BCUT2D eigenvalue weighted by Gasteiger charge is 2.47. The minimum atomic E-state index is -0.259. The maximum Gasteiger partial charge on any atom is 0.231 e. The van der Waals surface area contributed by atoms with E-state index in [9.17, 15) is 4.79 Å². The first-order valence-corrected chi connectivity index (χ1v) is 6.32. The first-order chi connectivity index (χ1) is 8.22. The fraction of sp³-hybridized carbons (Fsp3) is 0.917. The topological polar surface area (TPSA) is 64.8 Å². The number of carbonyl (C=O) groups is 1. The lowest BCUT2D eigenvalue weighted by Gasteiger charge is -2.44. The van der Waals surface area contributed by atoms with E-state index >= 15 is 0 Å². The van der Waals surface area contributed by atoms with Crippen LogP contribution in [-0.4, -0.2) is 56.9 Å². The van der Waals surface area contributed by atoms with E-state index in [1.54, 1.807) is 7.11 Å². The maximum atomic E-state index is 12.5. The van der Waals surface area contributed by atoms with Crippen LogP contribution in [0, 0.1) is 5.41 Å². The van der Waals surface area contributed by atoms with E-state index in [1.807, 2.05) is 4.90 Å². The van der Waals surface area contributed by atoms with Crippen LogP contribution < -0.4 is 5.73 Å². The standard InChI is InChI=1S/C12H22N2O3/c1-16-9-12(3-2-4-12)11(15)14-5-6-17-10(7-13)8-14/h10H,2-9,13H2,1H3/t10-/m1/s1. The molecule has 1 saturated heterocycles. The molecule has 1 amide bonds. The molecule has 2 rings (SSSR count). The summed E-state index contributed by atoms with van der Waals surface area (Å²) in [5.74, 6) is 0.229. The normalized spacial score (nSPS) is 27.6. The first-order valence-electron chi connectivity index (χ1n) is 6.32. The van der Waals surface area contributed by atoms with Crippen molar-refractivity contribution < 1.29 is 14.3 Å². The zero-order valence-electron chi connectivity index (χ0n) is 10.5. The van der Waals surface area contributed by atoms with Crippen molar-refractivity contribution in [1.29, 1.82) is 0 Å². The molecule has 0 aromatic rings. The van der Waals surface area contributed by atoms with Crippen molar-refractivity contribution >= 4 is 5.91 Å². The number of nitrogens with zero attached hydrogens (tertiary/aromatic N) is 1. The molecule has 0 bridgehead atoms. The second-order valence-corrected chi connectivity index (χ2v) is 5.05. The predicted molar refractivity (Wildman–Crippen MR) is 63.5 cm³/mol. The molecule has 0 spiro atoms. The van der Waals surface area contributed by atoms with Gasteiger partial charge in [0.1, 0.15) is 0 Å². The lowest BCUT2D eigenvalue weighted by atomic mass is 9.68. The zero-order chi connectivity index (χ0) is 12.3. The average Bonchev–Trinajstić information content (AvgIpc) is 2.33. The van der Waals surface area contributed by atoms with Gasteiger partial charge in [0.2, 0.25) is 5.91 Å². The highest BCUT2D eigenvalue weighted by molar-refractivity contribution is 5.84. The molecule has 1 heterocycles. The molecular weight excluding hydrogens is 220 g/mol. The van der Waals surface area contributed by atoms with Gasteiger partial charge in [-0.2, -0.15) is 0 Å². The Balaban J connectivity index is 1.98. The van der Waals surface area contributed by atoms with Gasteiger partial charge < -0.3 is 20.1 Å². The van der Waals surface area contributed by atoms with Crippen LogP contribution in [0.15, 0.2) is 0 Å². The summed E-state index contributed by atoms with van der Waals surface area (Å²) in [4.78, 5) is 14.4. The first kappa shape index (κ1) is 12.8. The molecule has 2 aliphatic rings. The Hall–Kier alpha value is -0.650. The highest BCUT2D eigenvalue weighted by atomic mass is 16.5. The van der Waals surface area contributed by atoms with Crippen LogP contribution in [0.1, 0.15) is 19.3 Å². The molecule has 98 valence electrons. The van der Waals surface area contributed by atoms with E-state index in [0.717, 1.165) is 19.3 Å². The number of ether oxygens (including phenoxy) is 2. The van der Waals surface area contributed by atoms with Gasteiger partial charge in [0.15, 0.2) is 0 Å². The summed E-state index contributed by atoms with van der Waals surface area (Å²) in [5.41, 5.74) is 5.33. The van der Waals surface area contributed by atoms with Crippen molar-refractivity contribution in [1.82, 2.24) is 4.90 Å². The summed E-state index contributed by atoms with van der Waals surface area (Å²) in [7, 11) is 1.66. The Kier molecular flexibility index (Phi) is 4.01. The third kappa shape index (κ3) is 2.46. The van der Waals surface area contributed by atoms with E-state index in [1.165, 1.54) is 0 Å². The smallest absolute Gasteiger partial charge is 0.231 e. The van der Waals surface area contributed by atoms with Crippen molar-refractivity contribution in [3.63, 3.8) is 0 Å². The number of nitrogens with two attached hydrogens (primary N) is 1. The highest BCUT2D eigenvalue weighted by Crippen LogP contribution is 2.42. The SMILES string of the molecule is COCC1(C(=O)N2CCO[C@H](CN)C2)CCC1. The summed E-state index contributed by atoms with van der Waals surface area (Å²) >= 11 is 0. The van der Waals surface area contributed by atoms with E-state index < -0.39 is 0 Å². The van der Waals surface area contributed by atoms with Crippen molar-refractivity contribution in [2.24, 2.45) is 11.1 Å². The third-order valence-electron chi connectivity index (χ3n) is 3.87. The second-order valence-electron chi connectivity index (χ2n) is 5.05. The molecule has 1 saturated carbocycles. The van der Waals surface area contributed by atoms with Crippen molar-refractivity contribution in [2.45, 2.75) is 25.4 Å². The Morgan fingerprint density at radius 3 is 2.88 bits per heavy atom. The van der Waals surface area contributed by atoms with Gasteiger partial charge in [-0.25, -0.2) is 0 Å². The Bertz CT molecular complexity index is 279. The number of methoxy groups -OCH3 is 1. The molecule has 2 N–H and O–H groups in total. The summed E-state index contributed by atoms with van der Waals surface area (Å²) in [5, 5.41) is 0. The largest absolute Gasteiger partial charge is 0.384 e. The number of hydrogen-bond acceptors (Lipinski definition) is 4. The Morgan fingerprint density at radius 2 is 2.35 bits per heavy atom. The van der Waals surface area contributed by atoms with Crippen LogP contribution in [-0.2, 0) is 14.3 Å². The monoisotopic (exact) mass is 242 g/mol. The summed E-state index contributed by atoms with van der Waals surface area (Å²) in [6, 6.07) is 0. The van der Waals surface area contributed by atoms with Gasteiger partial charge in [0.05, 0.1) is 24.7 Å². The van der Waals surface area contributed by atoms with Crippen LogP contribution in [0.5, 0.6) is 0 Å². The number of morpholine rings is 1. The average molecular weight is 242 g/mol. The van der Waals surface area contributed by atoms with Crippen LogP contribution in [0.3, 0.4) is 0 Å². The molecule has 0 radical (unpaired) electrons. The Labute approximate surface area is 102 Å². The Morgan fingerprint density at radius 1 is 1.59 bits per heavy atom. The second kappa shape index (κ2) is 5.33. The molecule has 0 aromatic heterocycles. The quantitative estimate of drug-likeness (QED) is 0.753. The van der Waals surface area contributed by atoms with Gasteiger partial charge in [-0.3, -0.25) is 4.79 Å². The van der Waals surface area contributed by atoms with Gasteiger partial charge in [0, 0.05) is 26.7 Å². The fourth-order valence-corrected chi connectivity index (χ4v) is 2.68. The maximum absolute atomic E-state index is 12.5. The molecule has 17 heavy (non-hydrogen) atoms. The van der Waals surface area contributed by atoms with Crippen molar-refractivity contribution in [3.8, 4) is 0 Å². The van der Waals surface area contributed by atoms with Gasteiger partial charge in [-0.05, 0) is 12.8 Å². The van der Waals surface area contributed by atoms with E-state index in [-0.39, 0.29) is 17.4 Å². The third-order valence-corrected chi connectivity index (χ3v) is 3.87. The van der Waals surface area contributed by atoms with Gasteiger partial charge >= 0.3 is 0 Å². The number of amides is 1. The van der Waals surface area contributed by atoms with E-state index in [2.05, 4.69) is 0 Å². The molecule has 1 aliphatic heterocycles. The van der Waals surface area contributed by atoms with Crippen molar-refractivity contribution in [2.75, 3.05) is 40.0 Å². The van der Waals surface area contributed by atoms with Crippen LogP contribution in [0.4, 0.5) is 0 Å². The van der Waals surface area contributed by atoms with Crippen LogP contribution >= 0.6 is 0 Å². The lowest BCUT2D eigenvalue weighted by molar-refractivity contribution is -0.159. The number of hydrogen-bond donors (Lipinski definition) is 1. The molecule has 1 atom stereocenters. The number of carbonyl (C=O) groups excluding carboxylic acids is 1. The molecular formula is C12H22N2O3. The van der Waals surface area contributed by atoms with Gasteiger partial charge in [0.25, 0.3) is 0 Å². The molecule has 5 nitrogen and oxygen atoms in total.